The Morgan fingerprint density at radius 1 is 0.477 bits per heavy atom. The van der Waals surface area contributed by atoms with Crippen LogP contribution in [0.2, 0.25) is 0 Å². The van der Waals surface area contributed by atoms with E-state index in [2.05, 4.69) is 10.5 Å². The van der Waals surface area contributed by atoms with E-state index in [-0.39, 0.29) is 84.5 Å². The third-order valence-electron chi connectivity index (χ3n) is 16.6. The molecule has 0 spiro atoms. The van der Waals surface area contributed by atoms with Crippen molar-refractivity contribution >= 4 is 53.1 Å². The summed E-state index contributed by atoms with van der Waals surface area (Å²) >= 11 is 0. The van der Waals surface area contributed by atoms with Gasteiger partial charge >= 0.3 is 41.5 Å². The van der Waals surface area contributed by atoms with Crippen LogP contribution in [0, 0.1) is 51.7 Å². The normalized spacial score (nSPS) is 11.2. The summed E-state index contributed by atoms with van der Waals surface area (Å²) in [5, 5.41) is 35.0. The van der Waals surface area contributed by atoms with E-state index < -0.39 is 76.6 Å². The van der Waals surface area contributed by atoms with Gasteiger partial charge in [-0.2, -0.15) is 5.10 Å². The Kier molecular flexibility index (Phi) is 34.1. The van der Waals surface area contributed by atoms with E-state index >= 15 is 0 Å². The second kappa shape index (κ2) is 40.8. The summed E-state index contributed by atoms with van der Waals surface area (Å²) in [6, 6.07) is 34.6. The number of hydrogen-bond donors (Lipinski definition) is 1. The number of amides is 5. The van der Waals surface area contributed by atoms with Gasteiger partial charge in [-0.15, -0.1) is 0 Å². The second-order valence-corrected chi connectivity index (χ2v) is 28.6. The Hall–Kier alpha value is -10.3. The summed E-state index contributed by atoms with van der Waals surface area (Å²) in [6.45, 7) is 35.4. The molecule has 24 nitrogen and oxygen atoms in total. The number of nitro groups is 1. The Bertz CT molecular complexity index is 4380. The molecule has 0 radical (unpaired) electrons. The number of benzene rings is 7. The zero-order valence-corrected chi connectivity index (χ0v) is 69.8. The number of methoxy groups -OCH3 is 3. The minimum absolute atomic E-state index is 0. The SMILES string of the molecule is CCOC(=O)COc1cc(CN(C(=O)c2cccc(OC)c2CC)N(C(=O)c2cc(C)cc(C)c2)C(C)(C)C)c([N+](=O)[O-])cc1OCC(=O)OCC.CCc1c(OC)cccc1C(=O)NN(C(=O)c1cc(C)cc(C)c1)C(C)(C)C.CCc1c(OC)cccc1C([O-])=NN(C(=O)c1cc(C)cc(C)c1)C(C)(C)C.[H-].[Na+]. The maximum Gasteiger partial charge on any atom is 1.00 e. The number of nitro benzene ring substituents is 1. The van der Waals surface area contributed by atoms with E-state index in [4.69, 9.17) is 33.2 Å². The van der Waals surface area contributed by atoms with Crippen molar-refractivity contribution in [3.05, 3.63) is 220 Å². The van der Waals surface area contributed by atoms with Crippen LogP contribution < -0.4 is 63.8 Å². The van der Waals surface area contributed by atoms with E-state index in [0.29, 0.717) is 69.9 Å². The Balaban J connectivity index is 0.000000459. The largest absolute Gasteiger partial charge is 1.00 e. The zero-order valence-electron chi connectivity index (χ0n) is 68.8. The van der Waals surface area contributed by atoms with Gasteiger partial charge in [-0.3, -0.25) is 39.5 Å². The Morgan fingerprint density at radius 2 is 0.853 bits per heavy atom. The number of ether oxygens (including phenoxy) is 7. The summed E-state index contributed by atoms with van der Waals surface area (Å²) in [6.07, 6.45) is 1.67. The van der Waals surface area contributed by atoms with E-state index in [1.807, 2.05) is 158 Å². The quantitative estimate of drug-likeness (QED) is 0.0147. The molecule has 0 aliphatic heterocycles. The van der Waals surface area contributed by atoms with Crippen LogP contribution in [0.25, 0.3) is 0 Å². The van der Waals surface area contributed by atoms with Gasteiger partial charge in [-0.05, 0) is 215 Å². The van der Waals surface area contributed by atoms with Crippen molar-refractivity contribution in [2.75, 3.05) is 47.8 Å². The molecule has 1 N–H and O–H groups in total. The molecule has 7 rings (SSSR count). The molecule has 0 aliphatic carbocycles. The third-order valence-corrected chi connectivity index (χ3v) is 16.6. The van der Waals surface area contributed by atoms with Gasteiger partial charge in [0, 0.05) is 50.4 Å². The number of hydrogen-bond acceptors (Lipinski definition) is 18. The maximum absolute atomic E-state index is 14.9. The van der Waals surface area contributed by atoms with Crippen molar-refractivity contribution in [3.63, 3.8) is 0 Å². The number of esters is 2. The fraction of sp³-hybridized carbons (Fsp3) is 0.405. The molecule has 0 saturated carbocycles. The average molecular weight is 1510 g/mol. The molecular formula is C84H107N7NaO17-. The van der Waals surface area contributed by atoms with Gasteiger partial charge < -0.3 is 39.7 Å². The number of hydrazone groups is 1. The van der Waals surface area contributed by atoms with Crippen molar-refractivity contribution in [3.8, 4) is 28.7 Å². The van der Waals surface area contributed by atoms with Gasteiger partial charge in [0.15, 0.2) is 24.7 Å². The summed E-state index contributed by atoms with van der Waals surface area (Å²) < 4.78 is 37.5. The maximum atomic E-state index is 14.9. The van der Waals surface area contributed by atoms with Crippen molar-refractivity contribution in [2.24, 2.45) is 5.10 Å². The van der Waals surface area contributed by atoms with Crippen LogP contribution in [0.5, 0.6) is 28.7 Å². The first-order chi connectivity index (χ1) is 50.7. The molecule has 25 heteroatoms. The molecule has 0 heterocycles. The fourth-order valence-corrected chi connectivity index (χ4v) is 12.1. The van der Waals surface area contributed by atoms with Crippen LogP contribution in [-0.2, 0) is 44.9 Å². The molecule has 0 aliphatic rings. The van der Waals surface area contributed by atoms with Crippen LogP contribution in [0.1, 0.15) is 211 Å². The number of carbonyl (C=O) groups is 7. The molecule has 0 fully saturated rings. The minimum Gasteiger partial charge on any atom is -1.00 e. The van der Waals surface area contributed by atoms with E-state index in [1.165, 1.54) is 33.2 Å². The van der Waals surface area contributed by atoms with Gasteiger partial charge in [-0.25, -0.2) is 29.6 Å². The molecule has 0 bridgehead atoms. The number of rotatable bonds is 24. The first kappa shape index (κ1) is 91.1. The van der Waals surface area contributed by atoms with Gasteiger partial charge in [0.05, 0.1) is 74.3 Å². The van der Waals surface area contributed by atoms with Crippen LogP contribution in [0.3, 0.4) is 0 Å². The smallest absolute Gasteiger partial charge is 1.00 e. The monoisotopic (exact) mass is 1510 g/mol. The van der Waals surface area contributed by atoms with Crippen LogP contribution in [0.4, 0.5) is 5.69 Å². The summed E-state index contributed by atoms with van der Waals surface area (Å²) in [7, 11) is 4.64. The van der Waals surface area contributed by atoms with Crippen LogP contribution >= 0.6 is 0 Å². The Morgan fingerprint density at radius 3 is 1.23 bits per heavy atom. The first-order valence-corrected chi connectivity index (χ1v) is 35.7. The van der Waals surface area contributed by atoms with Gasteiger partial charge in [0.2, 0.25) is 0 Å². The van der Waals surface area contributed by atoms with Crippen molar-refractivity contribution in [2.45, 2.75) is 181 Å². The van der Waals surface area contributed by atoms with Crippen molar-refractivity contribution < 1.29 is 108 Å². The molecule has 0 unspecified atom stereocenters. The number of hydrazine groups is 2. The van der Waals surface area contributed by atoms with E-state index in [0.717, 1.165) is 50.6 Å². The standard InChI is InChI=1S/C38H47N3O11.2C23H30N2O3.Na.H/c1-10-28-29(14-13-15-31(28)48-9)37(45)39(40(38(6,7)8)36(44)26-17-24(4)16-25(5)18-26)21-27-19-32(51-22-34(42)49-11-2)33(20-30(27)41(46)47)52-23-35(43)50-12-3;2*1-8-18-19(10-9-11-20(18)28-7)21(26)24-25(23(4,5)6)22(27)17-13-15(2)12-16(3)14-17;;/h13-20H,10-12,21-23H2,1-9H3;2*9-14H,8H2,1-7H3,(H,24,26);;/q;;;+1;-1/p-1. The second-order valence-electron chi connectivity index (χ2n) is 28.6. The zero-order chi connectivity index (χ0) is 80.9. The summed E-state index contributed by atoms with van der Waals surface area (Å²) in [5.74, 6) is -2.55. The number of nitrogens with one attached hydrogen (secondary N) is 1. The van der Waals surface area contributed by atoms with Gasteiger partial charge in [-0.1, -0.05) is 96.6 Å². The molecule has 0 aromatic heterocycles. The van der Waals surface area contributed by atoms with Gasteiger partial charge in [0.25, 0.3) is 35.2 Å². The third kappa shape index (κ3) is 24.9. The first-order valence-electron chi connectivity index (χ1n) is 35.7. The molecule has 7 aromatic carbocycles. The fourth-order valence-electron chi connectivity index (χ4n) is 12.1. The number of aryl methyl sites for hydroxylation is 6. The average Bonchev–Trinajstić information content (AvgIpc) is 0.768. The minimum atomic E-state index is -1.05. The van der Waals surface area contributed by atoms with E-state index in [1.54, 1.807) is 103 Å². The molecule has 0 atom stereocenters. The molecule has 0 saturated heterocycles. The Labute approximate surface area is 665 Å². The number of carbonyl (C=O) groups excluding carboxylic acids is 7. The van der Waals surface area contributed by atoms with E-state index in [9.17, 15) is 48.8 Å². The number of nitrogens with zero attached hydrogens (tertiary/aromatic N) is 6. The molecule has 7 aromatic rings. The van der Waals surface area contributed by atoms with Crippen molar-refractivity contribution in [1.29, 1.82) is 0 Å². The van der Waals surface area contributed by atoms with Gasteiger partial charge in [0.1, 0.15) is 17.2 Å². The van der Waals surface area contributed by atoms with Crippen LogP contribution in [0.15, 0.2) is 126 Å². The van der Waals surface area contributed by atoms with Crippen molar-refractivity contribution in [1.82, 2.24) is 25.5 Å². The molecule has 5 amide bonds. The molecule has 109 heavy (non-hydrogen) atoms. The predicted molar refractivity (Wildman–Crippen MR) is 415 cm³/mol. The van der Waals surface area contributed by atoms with Crippen LogP contribution in [-0.4, -0.2) is 137 Å². The molecular weight excluding hydrogens is 1400 g/mol. The molecule has 582 valence electrons. The topological polar surface area (TPSA) is 288 Å². The summed E-state index contributed by atoms with van der Waals surface area (Å²) in [4.78, 5) is 105. The summed E-state index contributed by atoms with van der Waals surface area (Å²) in [5.41, 5.74) is 10.3. The predicted octanol–water partition coefficient (Wildman–Crippen LogP) is 11.6.